The molecule has 0 saturated heterocycles. The summed E-state index contributed by atoms with van der Waals surface area (Å²) in [6.07, 6.45) is 3.63. The second-order valence-electron chi connectivity index (χ2n) is 6.43. The maximum Gasteiger partial charge on any atom is 0.274 e. The first-order valence-corrected chi connectivity index (χ1v) is 9.75. The van der Waals surface area contributed by atoms with Crippen molar-refractivity contribution in [1.29, 1.82) is 0 Å². The van der Waals surface area contributed by atoms with Gasteiger partial charge in [0.25, 0.3) is 5.56 Å². The van der Waals surface area contributed by atoms with Crippen LogP contribution in [0.25, 0.3) is 32.8 Å². The van der Waals surface area contributed by atoms with E-state index in [1.807, 2.05) is 60.7 Å². The van der Waals surface area contributed by atoms with Crippen molar-refractivity contribution in [3.05, 3.63) is 93.8 Å². The molecule has 2 aromatic heterocycles. The standard InChI is InChI=1S/C23H16N2O2S/c1-2-13-27-20-12-11-15-7-3-4-8-16(15)17(20)14-21-22(26)25-19-10-6-5-9-18(19)24-23(25)28-21/h2-12,14H,1,13H2/b21-14-. The third-order valence-corrected chi connectivity index (χ3v) is 5.68. The molecule has 5 aromatic rings. The number of ether oxygens (including phenoxy) is 1. The molecule has 0 spiro atoms. The van der Waals surface area contributed by atoms with Crippen molar-refractivity contribution in [2.75, 3.05) is 6.61 Å². The van der Waals surface area contributed by atoms with Gasteiger partial charge >= 0.3 is 0 Å². The highest BCUT2D eigenvalue weighted by atomic mass is 32.1. The first-order valence-electron chi connectivity index (χ1n) is 8.93. The number of rotatable bonds is 4. The molecule has 0 atom stereocenters. The number of fused-ring (bicyclic) bond motifs is 4. The Morgan fingerprint density at radius 1 is 1.07 bits per heavy atom. The van der Waals surface area contributed by atoms with Crippen LogP contribution in [0.4, 0.5) is 0 Å². The van der Waals surface area contributed by atoms with Gasteiger partial charge in [0.15, 0.2) is 4.96 Å². The van der Waals surface area contributed by atoms with Crippen molar-refractivity contribution in [1.82, 2.24) is 9.38 Å². The van der Waals surface area contributed by atoms with Gasteiger partial charge < -0.3 is 4.74 Å². The molecule has 0 saturated carbocycles. The smallest absolute Gasteiger partial charge is 0.274 e. The minimum atomic E-state index is -0.0590. The van der Waals surface area contributed by atoms with E-state index in [-0.39, 0.29) is 5.56 Å². The number of hydrogen-bond acceptors (Lipinski definition) is 4. The van der Waals surface area contributed by atoms with E-state index in [2.05, 4.69) is 17.6 Å². The Labute approximate surface area is 164 Å². The van der Waals surface area contributed by atoms with Gasteiger partial charge in [-0.1, -0.05) is 66.5 Å². The zero-order chi connectivity index (χ0) is 19.1. The van der Waals surface area contributed by atoms with Gasteiger partial charge in [-0.25, -0.2) is 9.38 Å². The molecule has 0 fully saturated rings. The van der Waals surface area contributed by atoms with Crippen LogP contribution in [0.3, 0.4) is 0 Å². The Kier molecular flexibility index (Phi) is 3.95. The van der Waals surface area contributed by atoms with E-state index in [4.69, 9.17) is 4.74 Å². The summed E-state index contributed by atoms with van der Waals surface area (Å²) in [5, 5.41) is 2.14. The van der Waals surface area contributed by atoms with Crippen LogP contribution in [-0.2, 0) is 0 Å². The van der Waals surface area contributed by atoms with Gasteiger partial charge in [-0.2, -0.15) is 0 Å². The molecule has 0 unspecified atom stereocenters. The molecule has 2 heterocycles. The highest BCUT2D eigenvalue weighted by Crippen LogP contribution is 2.29. The summed E-state index contributed by atoms with van der Waals surface area (Å²) in [4.78, 5) is 18.4. The van der Waals surface area contributed by atoms with Crippen LogP contribution in [0.1, 0.15) is 5.56 Å². The van der Waals surface area contributed by atoms with Gasteiger partial charge in [-0.15, -0.1) is 0 Å². The summed E-state index contributed by atoms with van der Waals surface area (Å²) in [5.74, 6) is 0.730. The highest BCUT2D eigenvalue weighted by molar-refractivity contribution is 7.15. The molecule has 0 N–H and O–H groups in total. The number of benzene rings is 3. The van der Waals surface area contributed by atoms with Gasteiger partial charge in [0, 0.05) is 5.56 Å². The van der Waals surface area contributed by atoms with Crippen molar-refractivity contribution in [3.63, 3.8) is 0 Å². The monoisotopic (exact) mass is 384 g/mol. The molecule has 5 rings (SSSR count). The fourth-order valence-corrected chi connectivity index (χ4v) is 4.41. The molecular formula is C23H16N2O2S. The van der Waals surface area contributed by atoms with Crippen molar-refractivity contribution in [2.24, 2.45) is 0 Å². The van der Waals surface area contributed by atoms with E-state index >= 15 is 0 Å². The Balaban J connectivity index is 1.81. The van der Waals surface area contributed by atoms with Crippen LogP contribution in [0.5, 0.6) is 5.75 Å². The first kappa shape index (κ1) is 16.7. The molecule has 0 amide bonds. The quantitative estimate of drug-likeness (QED) is 0.437. The number of thiazole rings is 1. The molecule has 0 aliphatic rings. The number of hydrogen-bond donors (Lipinski definition) is 0. The van der Waals surface area contributed by atoms with E-state index in [0.29, 0.717) is 16.1 Å². The van der Waals surface area contributed by atoms with Crippen LogP contribution >= 0.6 is 11.3 Å². The SMILES string of the molecule is C=CCOc1ccc2ccccc2c1/C=c1\sc2nc3ccccc3n2c1=O. The molecule has 136 valence electrons. The summed E-state index contributed by atoms with van der Waals surface area (Å²) < 4.78 is 8.18. The molecule has 4 nitrogen and oxygen atoms in total. The summed E-state index contributed by atoms with van der Waals surface area (Å²) in [6.45, 7) is 4.13. The normalized spacial score (nSPS) is 12.2. The van der Waals surface area contributed by atoms with E-state index in [1.165, 1.54) is 11.3 Å². The summed E-state index contributed by atoms with van der Waals surface area (Å²) in [6, 6.07) is 19.7. The fourth-order valence-electron chi connectivity index (χ4n) is 3.44. The third kappa shape index (κ3) is 2.60. The summed E-state index contributed by atoms with van der Waals surface area (Å²) in [5.41, 5.74) is 2.50. The molecule has 28 heavy (non-hydrogen) atoms. The van der Waals surface area contributed by atoms with Crippen LogP contribution in [0, 0.1) is 0 Å². The predicted octanol–water partition coefficient (Wildman–Crippen LogP) is 4.17. The molecule has 3 aromatic carbocycles. The van der Waals surface area contributed by atoms with E-state index in [9.17, 15) is 4.79 Å². The van der Waals surface area contributed by atoms with Crippen molar-refractivity contribution >= 4 is 44.2 Å². The lowest BCUT2D eigenvalue weighted by atomic mass is 10.0. The Hall–Kier alpha value is -3.44. The minimum absolute atomic E-state index is 0.0590. The van der Waals surface area contributed by atoms with Crippen LogP contribution in [0.2, 0.25) is 0 Å². The Morgan fingerprint density at radius 3 is 2.79 bits per heavy atom. The molecule has 0 aliphatic heterocycles. The van der Waals surface area contributed by atoms with Crippen LogP contribution < -0.4 is 14.8 Å². The maximum atomic E-state index is 13.1. The van der Waals surface area contributed by atoms with E-state index < -0.39 is 0 Å². The third-order valence-electron chi connectivity index (χ3n) is 4.71. The largest absolute Gasteiger partial charge is 0.489 e. The number of aromatic nitrogens is 2. The second-order valence-corrected chi connectivity index (χ2v) is 7.44. The first-order chi connectivity index (χ1) is 13.8. The van der Waals surface area contributed by atoms with E-state index in [1.54, 1.807) is 10.5 Å². The Bertz CT molecular complexity index is 1460. The zero-order valence-electron chi connectivity index (χ0n) is 15.0. The van der Waals surface area contributed by atoms with Gasteiger partial charge in [-0.05, 0) is 35.0 Å². The topological polar surface area (TPSA) is 43.6 Å². The lowest BCUT2D eigenvalue weighted by Crippen LogP contribution is -2.22. The predicted molar refractivity (Wildman–Crippen MR) is 115 cm³/mol. The molecule has 0 radical (unpaired) electrons. The average Bonchev–Trinajstić information content (AvgIpc) is 3.23. The summed E-state index contributed by atoms with van der Waals surface area (Å²) >= 11 is 1.39. The lowest BCUT2D eigenvalue weighted by molar-refractivity contribution is 0.363. The Morgan fingerprint density at radius 2 is 1.89 bits per heavy atom. The van der Waals surface area contributed by atoms with Gasteiger partial charge in [-0.3, -0.25) is 4.79 Å². The summed E-state index contributed by atoms with van der Waals surface area (Å²) in [7, 11) is 0. The number of para-hydroxylation sites is 2. The van der Waals surface area contributed by atoms with Gasteiger partial charge in [0.2, 0.25) is 0 Å². The van der Waals surface area contributed by atoms with E-state index in [0.717, 1.165) is 33.1 Å². The van der Waals surface area contributed by atoms with Gasteiger partial charge in [0.05, 0.1) is 15.6 Å². The van der Waals surface area contributed by atoms with Gasteiger partial charge in [0.1, 0.15) is 12.4 Å². The maximum absolute atomic E-state index is 13.1. The average molecular weight is 384 g/mol. The van der Waals surface area contributed by atoms with Crippen LogP contribution in [0.15, 0.2) is 78.1 Å². The van der Waals surface area contributed by atoms with Crippen LogP contribution in [-0.4, -0.2) is 16.0 Å². The fraction of sp³-hybridized carbons (Fsp3) is 0.0435. The molecule has 0 aliphatic carbocycles. The second kappa shape index (κ2) is 6.62. The zero-order valence-corrected chi connectivity index (χ0v) is 15.8. The minimum Gasteiger partial charge on any atom is -0.489 e. The molecule has 0 bridgehead atoms. The van der Waals surface area contributed by atoms with Crippen molar-refractivity contribution < 1.29 is 4.74 Å². The lowest BCUT2D eigenvalue weighted by Gasteiger charge is -2.10. The van der Waals surface area contributed by atoms with Crippen molar-refractivity contribution in [3.8, 4) is 5.75 Å². The number of imidazole rings is 1. The van der Waals surface area contributed by atoms with Crippen molar-refractivity contribution in [2.45, 2.75) is 0 Å². The highest BCUT2D eigenvalue weighted by Gasteiger charge is 2.12. The number of nitrogens with zero attached hydrogens (tertiary/aromatic N) is 2. The molecular weight excluding hydrogens is 368 g/mol. The molecule has 5 heteroatoms.